The number of carbonyl (C=O) groups is 1. The molecule has 0 radical (unpaired) electrons. The minimum absolute atomic E-state index is 0.0623. The topological polar surface area (TPSA) is 69.6 Å². The van der Waals surface area contributed by atoms with Crippen molar-refractivity contribution in [1.82, 2.24) is 5.32 Å². The minimum atomic E-state index is -0.836. The Kier molecular flexibility index (Phi) is 44.8. The Bertz CT molecular complexity index is 821. The molecule has 0 saturated heterocycles. The molecule has 2 atom stereocenters. The van der Waals surface area contributed by atoms with Crippen molar-refractivity contribution >= 4 is 5.91 Å². The summed E-state index contributed by atoms with van der Waals surface area (Å²) in [5, 5.41) is 23.0. The molecular weight excluding hydrogens is 663 g/mol. The van der Waals surface area contributed by atoms with Gasteiger partial charge in [0, 0.05) is 6.42 Å². The zero-order valence-corrected chi connectivity index (χ0v) is 36.5. The second-order valence-corrected chi connectivity index (χ2v) is 16.5. The van der Waals surface area contributed by atoms with Crippen molar-refractivity contribution in [3.05, 3.63) is 36.5 Å². The molecule has 2 unspecified atom stereocenters. The number of hydrogen-bond acceptors (Lipinski definition) is 3. The zero-order valence-electron chi connectivity index (χ0n) is 36.5. The average molecular weight is 758 g/mol. The molecule has 3 N–H and O–H groups in total. The van der Waals surface area contributed by atoms with Crippen molar-refractivity contribution in [1.29, 1.82) is 0 Å². The van der Waals surface area contributed by atoms with Crippen molar-refractivity contribution in [2.24, 2.45) is 0 Å². The molecule has 0 fully saturated rings. The van der Waals surface area contributed by atoms with E-state index in [2.05, 4.69) is 43.5 Å². The first kappa shape index (κ1) is 52.6. The lowest BCUT2D eigenvalue weighted by molar-refractivity contribution is -0.123. The van der Waals surface area contributed by atoms with E-state index in [4.69, 9.17) is 0 Å². The summed E-state index contributed by atoms with van der Waals surface area (Å²) >= 11 is 0. The number of rotatable bonds is 44. The standard InChI is InChI=1S/C50H95NO3/c1-3-5-7-9-11-13-15-17-18-19-20-21-22-23-24-25-26-27-28-29-30-31-32-34-36-38-40-42-44-46-50(54)51-48(47-52)49(53)45-43-41-39-37-35-33-16-14-12-10-8-6-4-2/h15,17,19-20,43,45,48-49,52-53H,3-14,16,18,21-42,44,46-47H2,1-2H3,(H,51,54)/b17-15-,20-19-,45-43+. The Morgan fingerprint density at radius 2 is 0.759 bits per heavy atom. The summed E-state index contributed by atoms with van der Waals surface area (Å²) in [6, 6.07) is -0.619. The predicted octanol–water partition coefficient (Wildman–Crippen LogP) is 15.4. The first-order valence-electron chi connectivity index (χ1n) is 24.2. The van der Waals surface area contributed by atoms with Crippen LogP contribution in [0.25, 0.3) is 0 Å². The second kappa shape index (κ2) is 46.0. The van der Waals surface area contributed by atoms with E-state index in [1.807, 2.05) is 6.08 Å². The van der Waals surface area contributed by atoms with Crippen LogP contribution in [0.4, 0.5) is 0 Å². The maximum Gasteiger partial charge on any atom is 0.220 e. The summed E-state index contributed by atoms with van der Waals surface area (Å²) in [4.78, 5) is 12.4. The first-order valence-corrected chi connectivity index (χ1v) is 24.2. The van der Waals surface area contributed by atoms with E-state index in [0.29, 0.717) is 6.42 Å². The molecule has 0 bridgehead atoms. The van der Waals surface area contributed by atoms with Gasteiger partial charge in [0.1, 0.15) is 0 Å². The molecule has 0 heterocycles. The van der Waals surface area contributed by atoms with Gasteiger partial charge >= 0.3 is 0 Å². The summed E-state index contributed by atoms with van der Waals surface area (Å²) in [5.41, 5.74) is 0. The molecule has 4 heteroatoms. The van der Waals surface area contributed by atoms with Crippen molar-refractivity contribution in [3.8, 4) is 0 Å². The van der Waals surface area contributed by atoms with Gasteiger partial charge < -0.3 is 15.5 Å². The Morgan fingerprint density at radius 1 is 0.444 bits per heavy atom. The third-order valence-corrected chi connectivity index (χ3v) is 11.1. The number of hydrogen-bond donors (Lipinski definition) is 3. The number of nitrogens with one attached hydrogen (secondary N) is 1. The molecule has 0 aliphatic carbocycles. The summed E-state index contributed by atoms with van der Waals surface area (Å²) in [5.74, 6) is -0.0623. The highest BCUT2D eigenvalue weighted by Crippen LogP contribution is 2.16. The summed E-state index contributed by atoms with van der Waals surface area (Å²) in [7, 11) is 0. The van der Waals surface area contributed by atoms with Crippen LogP contribution in [0.1, 0.15) is 258 Å². The molecule has 4 nitrogen and oxygen atoms in total. The van der Waals surface area contributed by atoms with E-state index in [1.54, 1.807) is 6.08 Å². The van der Waals surface area contributed by atoms with Gasteiger partial charge in [0.05, 0.1) is 18.8 Å². The van der Waals surface area contributed by atoms with Crippen LogP contribution in [-0.2, 0) is 4.79 Å². The third kappa shape index (κ3) is 41.8. The van der Waals surface area contributed by atoms with Gasteiger partial charge in [0.2, 0.25) is 5.91 Å². The lowest BCUT2D eigenvalue weighted by atomic mass is 10.0. The van der Waals surface area contributed by atoms with Crippen LogP contribution < -0.4 is 5.32 Å². The van der Waals surface area contributed by atoms with Gasteiger partial charge in [-0.3, -0.25) is 4.79 Å². The van der Waals surface area contributed by atoms with Crippen LogP contribution in [0.15, 0.2) is 36.5 Å². The van der Waals surface area contributed by atoms with Crippen LogP contribution in [-0.4, -0.2) is 34.9 Å². The third-order valence-electron chi connectivity index (χ3n) is 11.1. The smallest absolute Gasteiger partial charge is 0.220 e. The second-order valence-electron chi connectivity index (χ2n) is 16.5. The Morgan fingerprint density at radius 3 is 1.11 bits per heavy atom. The maximum atomic E-state index is 12.4. The summed E-state index contributed by atoms with van der Waals surface area (Å²) in [6.07, 6.45) is 61.3. The normalized spacial score (nSPS) is 13.2. The van der Waals surface area contributed by atoms with Crippen LogP contribution in [0.2, 0.25) is 0 Å². The molecule has 0 saturated carbocycles. The predicted molar refractivity (Wildman–Crippen MR) is 239 cm³/mol. The lowest BCUT2D eigenvalue weighted by Gasteiger charge is -2.20. The number of allylic oxidation sites excluding steroid dienone is 5. The average Bonchev–Trinajstić information content (AvgIpc) is 3.18. The molecule has 0 aromatic carbocycles. The number of unbranched alkanes of at least 4 members (excludes halogenated alkanes) is 33. The fraction of sp³-hybridized carbons (Fsp3) is 0.860. The van der Waals surface area contributed by atoms with Gasteiger partial charge in [-0.25, -0.2) is 0 Å². The van der Waals surface area contributed by atoms with Gasteiger partial charge in [-0.05, 0) is 51.4 Å². The van der Waals surface area contributed by atoms with Gasteiger partial charge in [0.25, 0.3) is 0 Å². The molecule has 1 amide bonds. The fourth-order valence-corrected chi connectivity index (χ4v) is 7.39. The van der Waals surface area contributed by atoms with E-state index in [-0.39, 0.29) is 12.5 Å². The Labute approximate surface area is 338 Å². The zero-order chi connectivity index (χ0) is 39.3. The van der Waals surface area contributed by atoms with Gasteiger partial charge in [0.15, 0.2) is 0 Å². The quantitative estimate of drug-likeness (QED) is 0.0428. The van der Waals surface area contributed by atoms with E-state index >= 15 is 0 Å². The van der Waals surface area contributed by atoms with Gasteiger partial charge in [-0.2, -0.15) is 0 Å². The van der Waals surface area contributed by atoms with E-state index in [9.17, 15) is 15.0 Å². The Hall–Kier alpha value is -1.39. The monoisotopic (exact) mass is 758 g/mol. The molecule has 0 aliphatic heterocycles. The SMILES string of the molecule is CCCCCCC/C=C\C/C=C\CCCCCCCCCCCCCCCCCCCC(=O)NC(CO)C(O)/C=C/CCCCCCCCCCCCC. The summed E-state index contributed by atoms with van der Waals surface area (Å²) in [6.45, 7) is 4.30. The van der Waals surface area contributed by atoms with Crippen LogP contribution in [0.3, 0.4) is 0 Å². The largest absolute Gasteiger partial charge is 0.394 e. The van der Waals surface area contributed by atoms with Crippen LogP contribution in [0.5, 0.6) is 0 Å². The number of aliphatic hydroxyl groups is 2. The minimum Gasteiger partial charge on any atom is -0.394 e. The summed E-state index contributed by atoms with van der Waals surface area (Å²) < 4.78 is 0. The van der Waals surface area contributed by atoms with E-state index in [0.717, 1.165) is 32.1 Å². The lowest BCUT2D eigenvalue weighted by Crippen LogP contribution is -2.45. The van der Waals surface area contributed by atoms with Crippen molar-refractivity contribution in [2.45, 2.75) is 270 Å². The van der Waals surface area contributed by atoms with Crippen molar-refractivity contribution < 1.29 is 15.0 Å². The van der Waals surface area contributed by atoms with Crippen LogP contribution >= 0.6 is 0 Å². The van der Waals surface area contributed by atoms with E-state index in [1.165, 1.54) is 205 Å². The van der Waals surface area contributed by atoms with Gasteiger partial charge in [-0.1, -0.05) is 237 Å². The van der Waals surface area contributed by atoms with E-state index < -0.39 is 12.1 Å². The Balaban J connectivity index is 3.47. The molecule has 0 aromatic rings. The molecule has 0 rings (SSSR count). The fourth-order valence-electron chi connectivity index (χ4n) is 7.39. The number of carbonyl (C=O) groups excluding carboxylic acids is 1. The van der Waals surface area contributed by atoms with Crippen LogP contribution in [0, 0.1) is 0 Å². The highest BCUT2D eigenvalue weighted by Gasteiger charge is 2.18. The molecule has 0 aliphatic rings. The van der Waals surface area contributed by atoms with Gasteiger partial charge in [-0.15, -0.1) is 0 Å². The highest BCUT2D eigenvalue weighted by molar-refractivity contribution is 5.76. The first-order chi connectivity index (χ1) is 26.7. The molecular formula is C50H95NO3. The van der Waals surface area contributed by atoms with Crippen molar-refractivity contribution in [3.63, 3.8) is 0 Å². The van der Waals surface area contributed by atoms with Crippen molar-refractivity contribution in [2.75, 3.05) is 6.61 Å². The maximum absolute atomic E-state index is 12.4. The molecule has 0 aromatic heterocycles. The number of aliphatic hydroxyl groups excluding tert-OH is 2. The highest BCUT2D eigenvalue weighted by atomic mass is 16.3. The molecule has 54 heavy (non-hydrogen) atoms. The number of amides is 1. The molecule has 0 spiro atoms. The molecule has 318 valence electrons.